The van der Waals surface area contributed by atoms with Gasteiger partial charge in [0.1, 0.15) is 6.04 Å². The number of thioether (sulfide) groups is 1. The summed E-state index contributed by atoms with van der Waals surface area (Å²) in [4.78, 5) is 66.3. The van der Waals surface area contributed by atoms with E-state index in [-0.39, 0.29) is 34.4 Å². The number of carbonyl (C=O) groups excluding carboxylic acids is 5. The Labute approximate surface area is 171 Å². The molecule has 0 spiro atoms. The van der Waals surface area contributed by atoms with Crippen LogP contribution in [0.2, 0.25) is 0 Å². The fourth-order valence-electron chi connectivity index (χ4n) is 4.57. The van der Waals surface area contributed by atoms with Gasteiger partial charge in [-0.25, -0.2) is 4.90 Å². The van der Waals surface area contributed by atoms with Gasteiger partial charge in [0.2, 0.25) is 11.8 Å². The van der Waals surface area contributed by atoms with Crippen molar-refractivity contribution in [3.63, 3.8) is 0 Å². The highest BCUT2D eigenvalue weighted by atomic mass is 32.2. The molecule has 2 N–H and O–H groups in total. The lowest BCUT2D eigenvalue weighted by Crippen LogP contribution is -2.54. The highest BCUT2D eigenvalue weighted by Gasteiger charge is 2.54. The van der Waals surface area contributed by atoms with Gasteiger partial charge in [-0.2, -0.15) is 11.8 Å². The normalized spacial score (nSPS) is 24.7. The summed E-state index contributed by atoms with van der Waals surface area (Å²) in [6, 6.07) is 3.25. The second-order valence-electron chi connectivity index (χ2n) is 7.57. The Hall–Kier alpha value is -2.68. The molecule has 2 aliphatic heterocycles. The SMILES string of the molecule is CSC[C@H](C(=O)N1C(=O)c2cccc(N)c2C1=O)N1C(=O)[C@@H]2CCCC[C@H]2C1=O. The second-order valence-corrected chi connectivity index (χ2v) is 8.48. The van der Waals surface area contributed by atoms with Gasteiger partial charge in [-0.15, -0.1) is 0 Å². The monoisotopic (exact) mass is 415 g/mol. The number of amides is 5. The van der Waals surface area contributed by atoms with E-state index in [1.807, 2.05) is 0 Å². The molecule has 0 bridgehead atoms. The minimum atomic E-state index is -1.20. The van der Waals surface area contributed by atoms with Crippen LogP contribution in [0.1, 0.15) is 46.4 Å². The van der Waals surface area contributed by atoms with Gasteiger partial charge >= 0.3 is 0 Å². The van der Waals surface area contributed by atoms with Crippen LogP contribution in [0.3, 0.4) is 0 Å². The topological polar surface area (TPSA) is 118 Å². The molecule has 1 aliphatic carbocycles. The lowest BCUT2D eigenvalue weighted by molar-refractivity contribution is -0.149. The van der Waals surface area contributed by atoms with E-state index in [2.05, 4.69) is 0 Å². The zero-order chi connectivity index (χ0) is 20.9. The van der Waals surface area contributed by atoms with Gasteiger partial charge in [0.15, 0.2) is 0 Å². The van der Waals surface area contributed by atoms with Crippen LogP contribution >= 0.6 is 11.8 Å². The molecule has 3 atom stereocenters. The Balaban J connectivity index is 1.68. The fraction of sp³-hybridized carbons (Fsp3) is 0.450. The van der Waals surface area contributed by atoms with Gasteiger partial charge in [-0.1, -0.05) is 18.9 Å². The Morgan fingerprint density at radius 2 is 1.72 bits per heavy atom. The lowest BCUT2D eigenvalue weighted by Gasteiger charge is -2.27. The lowest BCUT2D eigenvalue weighted by atomic mass is 9.81. The van der Waals surface area contributed by atoms with E-state index in [0.717, 1.165) is 17.7 Å². The predicted octanol–water partition coefficient (Wildman–Crippen LogP) is 1.30. The van der Waals surface area contributed by atoms with E-state index in [0.29, 0.717) is 17.7 Å². The van der Waals surface area contributed by atoms with E-state index in [1.165, 1.54) is 30.0 Å². The molecule has 8 nitrogen and oxygen atoms in total. The number of benzene rings is 1. The summed E-state index contributed by atoms with van der Waals surface area (Å²) in [7, 11) is 0. The molecule has 1 saturated heterocycles. The van der Waals surface area contributed by atoms with E-state index < -0.39 is 35.6 Å². The molecule has 3 aliphatic rings. The van der Waals surface area contributed by atoms with Crippen LogP contribution in [0.4, 0.5) is 5.69 Å². The van der Waals surface area contributed by atoms with Crippen molar-refractivity contribution >= 4 is 47.0 Å². The molecule has 1 aromatic rings. The minimum absolute atomic E-state index is 0.0125. The highest BCUT2D eigenvalue weighted by molar-refractivity contribution is 7.98. The first-order valence-corrected chi connectivity index (χ1v) is 10.9. The number of likely N-dealkylation sites (tertiary alicyclic amines) is 1. The van der Waals surface area contributed by atoms with Gasteiger partial charge < -0.3 is 5.73 Å². The molecule has 0 radical (unpaired) electrons. The molecular formula is C20H21N3O5S. The number of imide groups is 4. The molecule has 0 aromatic heterocycles. The van der Waals surface area contributed by atoms with Crippen molar-refractivity contribution < 1.29 is 24.0 Å². The molecule has 5 amide bonds. The van der Waals surface area contributed by atoms with Gasteiger partial charge in [0.25, 0.3) is 17.7 Å². The second kappa shape index (κ2) is 7.29. The van der Waals surface area contributed by atoms with Gasteiger partial charge in [0, 0.05) is 11.4 Å². The van der Waals surface area contributed by atoms with Gasteiger partial charge in [0.05, 0.1) is 23.0 Å². The molecule has 1 saturated carbocycles. The summed E-state index contributed by atoms with van der Waals surface area (Å²) < 4.78 is 0. The molecule has 0 unspecified atom stereocenters. The standard InChI is InChI=1S/C20H21N3O5S/c1-29-9-14(22-16(24)10-5-2-3-6-11(10)17(22)25)19(27)23-18(26)12-7-4-8-13(21)15(12)20(23)28/h4,7-8,10-11,14H,2-3,5-6,9,21H2,1H3/t10-,11-,14-/m1/s1. The van der Waals surface area contributed by atoms with Gasteiger partial charge in [-0.3, -0.25) is 28.9 Å². The van der Waals surface area contributed by atoms with Crippen molar-refractivity contribution in [1.82, 2.24) is 9.80 Å². The number of nitrogen functional groups attached to an aromatic ring is 1. The Morgan fingerprint density at radius 3 is 2.28 bits per heavy atom. The Kier molecular flexibility index (Phi) is 4.94. The molecule has 2 fully saturated rings. The zero-order valence-electron chi connectivity index (χ0n) is 15.9. The van der Waals surface area contributed by atoms with E-state index in [9.17, 15) is 24.0 Å². The molecule has 1 aromatic carbocycles. The largest absolute Gasteiger partial charge is 0.398 e. The number of hydrogen-bond acceptors (Lipinski definition) is 7. The summed E-state index contributed by atoms with van der Waals surface area (Å²) in [5.74, 6) is -3.90. The van der Waals surface area contributed by atoms with Crippen molar-refractivity contribution in [2.24, 2.45) is 11.8 Å². The zero-order valence-corrected chi connectivity index (χ0v) is 16.7. The molecule has 9 heteroatoms. The highest BCUT2D eigenvalue weighted by Crippen LogP contribution is 2.40. The predicted molar refractivity (Wildman–Crippen MR) is 106 cm³/mol. The smallest absolute Gasteiger partial charge is 0.270 e. The van der Waals surface area contributed by atoms with Crippen LogP contribution in [0.5, 0.6) is 0 Å². The van der Waals surface area contributed by atoms with Crippen molar-refractivity contribution in [3.8, 4) is 0 Å². The summed E-state index contributed by atoms with van der Waals surface area (Å²) in [5, 5.41) is 0. The van der Waals surface area contributed by atoms with E-state index >= 15 is 0 Å². The van der Waals surface area contributed by atoms with Crippen molar-refractivity contribution in [2.45, 2.75) is 31.7 Å². The summed E-state index contributed by atoms with van der Waals surface area (Å²) in [6.07, 6.45) is 4.71. The number of fused-ring (bicyclic) bond motifs is 2. The minimum Gasteiger partial charge on any atom is -0.398 e. The molecule has 29 heavy (non-hydrogen) atoms. The van der Waals surface area contributed by atoms with Crippen LogP contribution in [0.25, 0.3) is 0 Å². The molecule has 152 valence electrons. The number of nitrogens with two attached hydrogens (primary N) is 1. The summed E-state index contributed by atoms with van der Waals surface area (Å²) in [6.45, 7) is 0. The van der Waals surface area contributed by atoms with Crippen molar-refractivity contribution in [1.29, 1.82) is 0 Å². The third-order valence-electron chi connectivity index (χ3n) is 5.96. The van der Waals surface area contributed by atoms with Crippen molar-refractivity contribution in [3.05, 3.63) is 29.3 Å². The van der Waals surface area contributed by atoms with Crippen LogP contribution in [-0.4, -0.2) is 57.4 Å². The molecular weight excluding hydrogens is 394 g/mol. The average molecular weight is 415 g/mol. The summed E-state index contributed by atoms with van der Waals surface area (Å²) >= 11 is 1.27. The average Bonchev–Trinajstić information content (AvgIpc) is 3.12. The van der Waals surface area contributed by atoms with Crippen LogP contribution in [0.15, 0.2) is 18.2 Å². The van der Waals surface area contributed by atoms with E-state index in [1.54, 1.807) is 6.26 Å². The van der Waals surface area contributed by atoms with Crippen LogP contribution in [-0.2, 0) is 14.4 Å². The number of nitrogens with zero attached hydrogens (tertiary/aromatic N) is 2. The Morgan fingerprint density at radius 1 is 1.10 bits per heavy atom. The number of hydrogen-bond donors (Lipinski definition) is 1. The van der Waals surface area contributed by atoms with Gasteiger partial charge in [-0.05, 0) is 31.2 Å². The fourth-order valence-corrected chi connectivity index (χ4v) is 5.18. The maximum atomic E-state index is 13.3. The first kappa shape index (κ1) is 19.6. The maximum Gasteiger partial charge on any atom is 0.270 e. The maximum absolute atomic E-state index is 13.3. The first-order valence-electron chi connectivity index (χ1n) is 9.55. The van der Waals surface area contributed by atoms with Crippen LogP contribution < -0.4 is 5.73 Å². The number of carbonyl (C=O) groups is 5. The number of rotatable bonds is 4. The Bertz CT molecular complexity index is 922. The third kappa shape index (κ3) is 2.87. The third-order valence-corrected chi connectivity index (χ3v) is 6.61. The molecule has 4 rings (SSSR count). The number of anilines is 1. The quantitative estimate of drug-likeness (QED) is 0.582. The van der Waals surface area contributed by atoms with Crippen molar-refractivity contribution in [2.75, 3.05) is 17.7 Å². The van der Waals surface area contributed by atoms with Crippen LogP contribution in [0, 0.1) is 11.8 Å². The molecule has 2 heterocycles. The van der Waals surface area contributed by atoms with E-state index in [4.69, 9.17) is 5.73 Å². The first-order chi connectivity index (χ1) is 13.9. The summed E-state index contributed by atoms with van der Waals surface area (Å²) in [5.41, 5.74) is 5.98.